The zero-order valence-corrected chi connectivity index (χ0v) is 13.0. The van der Waals surface area contributed by atoms with E-state index < -0.39 is 10.0 Å². The summed E-state index contributed by atoms with van der Waals surface area (Å²) in [4.78, 5) is -0.0188. The molecule has 0 saturated heterocycles. The van der Waals surface area contributed by atoms with Crippen molar-refractivity contribution >= 4 is 10.0 Å². The lowest BCUT2D eigenvalue weighted by molar-refractivity contribution is 0.400. The molecule has 0 saturated carbocycles. The molecule has 5 nitrogen and oxygen atoms in total. The summed E-state index contributed by atoms with van der Waals surface area (Å²) in [5.41, 5.74) is 1.95. The number of nitrogens with zero attached hydrogens (tertiary/aromatic N) is 1. The Balaban J connectivity index is 2.27. The first-order valence-corrected chi connectivity index (χ1v) is 8.27. The van der Waals surface area contributed by atoms with Gasteiger partial charge in [-0.05, 0) is 37.3 Å². The second-order valence-electron chi connectivity index (χ2n) is 5.01. The van der Waals surface area contributed by atoms with Gasteiger partial charge in [-0.1, -0.05) is 23.4 Å². The average molecular weight is 332 g/mol. The number of sulfonamides is 1. The minimum atomic E-state index is -3.91. The zero-order chi connectivity index (χ0) is 16.6. The molecule has 1 heterocycles. The third kappa shape index (κ3) is 2.88. The van der Waals surface area contributed by atoms with Gasteiger partial charge in [-0.3, -0.25) is 0 Å². The number of primary sulfonamides is 1. The maximum absolute atomic E-state index is 13.1. The van der Waals surface area contributed by atoms with Crippen LogP contribution in [0.4, 0.5) is 4.39 Å². The summed E-state index contributed by atoms with van der Waals surface area (Å²) in [5.74, 6) is 0.0703. The fourth-order valence-corrected chi connectivity index (χ4v) is 3.16. The maximum Gasteiger partial charge on any atom is 0.238 e. The molecule has 7 heteroatoms. The third-order valence-electron chi connectivity index (χ3n) is 3.44. The topological polar surface area (TPSA) is 86.2 Å². The first kappa shape index (κ1) is 15.4. The molecule has 3 rings (SSSR count). The number of rotatable bonds is 3. The summed E-state index contributed by atoms with van der Waals surface area (Å²) in [6.45, 7) is 1.68. The summed E-state index contributed by atoms with van der Waals surface area (Å²) in [7, 11) is -3.91. The van der Waals surface area contributed by atoms with Crippen molar-refractivity contribution in [2.75, 3.05) is 0 Å². The van der Waals surface area contributed by atoms with Crippen LogP contribution in [0.15, 0.2) is 57.9 Å². The number of aryl methyl sites for hydroxylation is 1. The van der Waals surface area contributed by atoms with Crippen LogP contribution in [0.2, 0.25) is 0 Å². The molecule has 0 unspecified atom stereocenters. The van der Waals surface area contributed by atoms with Crippen LogP contribution >= 0.6 is 0 Å². The second kappa shape index (κ2) is 5.60. The van der Waals surface area contributed by atoms with Crippen LogP contribution in [-0.4, -0.2) is 13.6 Å². The van der Waals surface area contributed by atoms with E-state index in [9.17, 15) is 12.8 Å². The van der Waals surface area contributed by atoms with Gasteiger partial charge in [0.05, 0.1) is 10.5 Å². The van der Waals surface area contributed by atoms with Gasteiger partial charge in [0.25, 0.3) is 0 Å². The van der Waals surface area contributed by atoms with E-state index in [0.29, 0.717) is 28.1 Å². The average Bonchev–Trinajstić information content (AvgIpc) is 2.89. The predicted molar refractivity (Wildman–Crippen MR) is 83.4 cm³/mol. The van der Waals surface area contributed by atoms with Gasteiger partial charge in [0.1, 0.15) is 17.3 Å². The SMILES string of the molecule is Cc1onc(-c2ccc(F)cc2)c1-c1ccccc1S(N)(=O)=O. The molecular formula is C16H13FN2O3S. The number of hydrogen-bond donors (Lipinski definition) is 1. The van der Waals surface area contributed by atoms with Gasteiger partial charge in [-0.25, -0.2) is 17.9 Å². The Bertz CT molecular complexity index is 963. The van der Waals surface area contributed by atoms with Crippen molar-refractivity contribution in [1.82, 2.24) is 5.16 Å². The number of nitrogens with two attached hydrogens (primary N) is 1. The molecule has 118 valence electrons. The third-order valence-corrected chi connectivity index (χ3v) is 4.41. The molecule has 0 bridgehead atoms. The van der Waals surface area contributed by atoms with E-state index in [2.05, 4.69) is 5.16 Å². The normalized spacial score (nSPS) is 11.6. The molecule has 0 spiro atoms. The van der Waals surface area contributed by atoms with Crippen LogP contribution in [0.5, 0.6) is 0 Å². The zero-order valence-electron chi connectivity index (χ0n) is 12.2. The predicted octanol–water partition coefficient (Wildman–Crippen LogP) is 3.10. The van der Waals surface area contributed by atoms with Crippen molar-refractivity contribution in [3.05, 3.63) is 60.1 Å². The Morgan fingerprint density at radius 1 is 1.09 bits per heavy atom. The molecule has 0 atom stereocenters. The van der Waals surface area contributed by atoms with E-state index in [1.165, 1.54) is 18.2 Å². The molecule has 1 aromatic heterocycles. The van der Waals surface area contributed by atoms with E-state index in [0.717, 1.165) is 0 Å². The lowest BCUT2D eigenvalue weighted by Crippen LogP contribution is -2.13. The van der Waals surface area contributed by atoms with Gasteiger partial charge in [0, 0.05) is 11.1 Å². The Hall–Kier alpha value is -2.51. The van der Waals surface area contributed by atoms with Crippen LogP contribution in [0, 0.1) is 12.7 Å². The smallest absolute Gasteiger partial charge is 0.238 e. The first-order chi connectivity index (χ1) is 10.9. The molecule has 0 aliphatic rings. The number of aromatic nitrogens is 1. The molecule has 0 radical (unpaired) electrons. The van der Waals surface area contributed by atoms with E-state index in [-0.39, 0.29) is 10.7 Å². The second-order valence-corrected chi connectivity index (χ2v) is 6.54. The molecule has 0 aliphatic carbocycles. The van der Waals surface area contributed by atoms with Crippen LogP contribution in [0.1, 0.15) is 5.76 Å². The van der Waals surface area contributed by atoms with Crippen LogP contribution in [0.25, 0.3) is 22.4 Å². The highest BCUT2D eigenvalue weighted by Gasteiger charge is 2.22. The fourth-order valence-electron chi connectivity index (χ4n) is 2.42. The van der Waals surface area contributed by atoms with Gasteiger partial charge in [-0.15, -0.1) is 0 Å². The molecular weight excluding hydrogens is 319 g/mol. The quantitative estimate of drug-likeness (QED) is 0.798. The minimum absolute atomic E-state index is 0.0188. The molecule has 0 amide bonds. The molecule has 3 aromatic rings. The van der Waals surface area contributed by atoms with Gasteiger partial charge < -0.3 is 4.52 Å². The van der Waals surface area contributed by atoms with Gasteiger partial charge >= 0.3 is 0 Å². The summed E-state index contributed by atoms with van der Waals surface area (Å²) in [5, 5.41) is 9.28. The first-order valence-electron chi connectivity index (χ1n) is 6.72. The van der Waals surface area contributed by atoms with Gasteiger partial charge in [0.15, 0.2) is 0 Å². The molecule has 0 fully saturated rings. The summed E-state index contributed by atoms with van der Waals surface area (Å²) < 4.78 is 42.0. The van der Waals surface area contributed by atoms with Crippen molar-refractivity contribution in [1.29, 1.82) is 0 Å². The highest BCUT2D eigenvalue weighted by Crippen LogP contribution is 2.37. The summed E-state index contributed by atoms with van der Waals surface area (Å²) >= 11 is 0. The van der Waals surface area contributed by atoms with Crippen molar-refractivity contribution < 1.29 is 17.3 Å². The summed E-state index contributed by atoms with van der Waals surface area (Å²) in [6.07, 6.45) is 0. The standard InChI is InChI=1S/C16H13FN2O3S/c1-10-15(13-4-2-3-5-14(13)23(18,20)21)16(19-22-10)11-6-8-12(17)9-7-11/h2-9H,1H3,(H2,18,20,21). The molecule has 2 N–H and O–H groups in total. The largest absolute Gasteiger partial charge is 0.360 e. The van der Waals surface area contributed by atoms with Crippen molar-refractivity contribution in [3.8, 4) is 22.4 Å². The van der Waals surface area contributed by atoms with Gasteiger partial charge in [-0.2, -0.15) is 0 Å². The van der Waals surface area contributed by atoms with Crippen molar-refractivity contribution in [2.24, 2.45) is 5.14 Å². The van der Waals surface area contributed by atoms with E-state index >= 15 is 0 Å². The van der Waals surface area contributed by atoms with Crippen LogP contribution < -0.4 is 5.14 Å². The Kier molecular flexibility index (Phi) is 3.75. The Morgan fingerprint density at radius 3 is 2.39 bits per heavy atom. The lowest BCUT2D eigenvalue weighted by Gasteiger charge is -2.08. The van der Waals surface area contributed by atoms with Crippen molar-refractivity contribution in [2.45, 2.75) is 11.8 Å². The highest BCUT2D eigenvalue weighted by atomic mass is 32.2. The van der Waals surface area contributed by atoms with Crippen LogP contribution in [-0.2, 0) is 10.0 Å². The Morgan fingerprint density at radius 2 is 1.74 bits per heavy atom. The minimum Gasteiger partial charge on any atom is -0.360 e. The molecule has 2 aromatic carbocycles. The van der Waals surface area contributed by atoms with E-state index in [1.807, 2.05) is 0 Å². The number of hydrogen-bond acceptors (Lipinski definition) is 4. The molecule has 23 heavy (non-hydrogen) atoms. The van der Waals surface area contributed by atoms with E-state index in [4.69, 9.17) is 9.66 Å². The maximum atomic E-state index is 13.1. The summed E-state index contributed by atoms with van der Waals surface area (Å²) in [6, 6.07) is 12.0. The van der Waals surface area contributed by atoms with Crippen LogP contribution in [0.3, 0.4) is 0 Å². The highest BCUT2D eigenvalue weighted by molar-refractivity contribution is 7.89. The number of halogens is 1. The van der Waals surface area contributed by atoms with E-state index in [1.54, 1.807) is 37.3 Å². The fraction of sp³-hybridized carbons (Fsp3) is 0.0625. The van der Waals surface area contributed by atoms with Gasteiger partial charge in [0.2, 0.25) is 10.0 Å². The molecule has 0 aliphatic heterocycles. The monoisotopic (exact) mass is 332 g/mol. The number of benzene rings is 2. The Labute approximate surface area is 132 Å². The lowest BCUT2D eigenvalue weighted by atomic mass is 9.99. The van der Waals surface area contributed by atoms with Crippen molar-refractivity contribution in [3.63, 3.8) is 0 Å².